The van der Waals surface area contributed by atoms with Gasteiger partial charge in [-0.05, 0) is 12.1 Å². The van der Waals surface area contributed by atoms with Crippen molar-refractivity contribution in [2.75, 3.05) is 13.2 Å². The molecule has 1 rings (SSSR count). The molecule has 0 radical (unpaired) electrons. The van der Waals surface area contributed by atoms with Crippen molar-refractivity contribution in [1.29, 1.82) is 5.26 Å². The van der Waals surface area contributed by atoms with E-state index in [0.717, 1.165) is 0 Å². The molecule has 0 spiro atoms. The van der Waals surface area contributed by atoms with Crippen LogP contribution >= 0.6 is 23.2 Å². The van der Waals surface area contributed by atoms with Crippen LogP contribution in [0.15, 0.2) is 18.2 Å². The molecule has 0 aliphatic rings. The number of rotatable bonds is 4. The Morgan fingerprint density at radius 2 is 2.20 bits per heavy atom. The maximum Gasteiger partial charge on any atom is 0.122 e. The lowest BCUT2D eigenvalue weighted by atomic mass is 10.1. The van der Waals surface area contributed by atoms with E-state index >= 15 is 0 Å². The molecule has 15 heavy (non-hydrogen) atoms. The first-order valence-corrected chi connectivity index (χ1v) is 5.13. The number of halogens is 2. The van der Waals surface area contributed by atoms with E-state index in [9.17, 15) is 0 Å². The largest absolute Gasteiger partial charge is 0.395 e. The van der Waals surface area contributed by atoms with Crippen molar-refractivity contribution in [2.45, 2.75) is 6.04 Å². The van der Waals surface area contributed by atoms with Gasteiger partial charge in [0.1, 0.15) is 6.04 Å². The molecule has 0 bridgehead atoms. The van der Waals surface area contributed by atoms with E-state index in [1.807, 2.05) is 0 Å². The van der Waals surface area contributed by atoms with Crippen molar-refractivity contribution in [3.05, 3.63) is 33.8 Å². The maximum absolute atomic E-state index is 8.91. The first-order valence-electron chi connectivity index (χ1n) is 4.38. The third-order valence-electron chi connectivity index (χ3n) is 1.86. The number of nitriles is 1. The van der Waals surface area contributed by atoms with Gasteiger partial charge < -0.3 is 5.11 Å². The third-order valence-corrected chi connectivity index (χ3v) is 2.43. The Labute approximate surface area is 98.2 Å². The lowest BCUT2D eigenvalue weighted by molar-refractivity contribution is 0.289. The van der Waals surface area contributed by atoms with Gasteiger partial charge in [0.25, 0.3) is 0 Å². The maximum atomic E-state index is 8.91. The summed E-state index contributed by atoms with van der Waals surface area (Å²) >= 11 is 11.7. The predicted octanol–water partition coefficient (Wildman–Crippen LogP) is 2.14. The summed E-state index contributed by atoms with van der Waals surface area (Å²) in [7, 11) is 0. The van der Waals surface area contributed by atoms with E-state index in [1.54, 1.807) is 18.2 Å². The highest BCUT2D eigenvalue weighted by molar-refractivity contribution is 6.35. The highest BCUT2D eigenvalue weighted by Crippen LogP contribution is 2.25. The average Bonchev–Trinajstić information content (AvgIpc) is 2.21. The fourth-order valence-corrected chi connectivity index (χ4v) is 1.69. The summed E-state index contributed by atoms with van der Waals surface area (Å²) in [4.78, 5) is 0. The first kappa shape index (κ1) is 12.3. The molecule has 1 aromatic rings. The number of nitrogens with zero attached hydrogens (tertiary/aromatic N) is 1. The van der Waals surface area contributed by atoms with E-state index in [4.69, 9.17) is 33.6 Å². The normalized spacial score (nSPS) is 12.1. The van der Waals surface area contributed by atoms with Crippen LogP contribution in [0.5, 0.6) is 0 Å². The molecule has 0 amide bonds. The molecule has 2 N–H and O–H groups in total. The van der Waals surface area contributed by atoms with Crippen molar-refractivity contribution < 1.29 is 5.11 Å². The highest BCUT2D eigenvalue weighted by atomic mass is 35.5. The van der Waals surface area contributed by atoms with E-state index < -0.39 is 6.04 Å². The molecular weight excluding hydrogens is 235 g/mol. The zero-order chi connectivity index (χ0) is 11.3. The molecule has 5 heteroatoms. The zero-order valence-electron chi connectivity index (χ0n) is 7.87. The van der Waals surface area contributed by atoms with E-state index in [0.29, 0.717) is 22.2 Å². The quantitative estimate of drug-likeness (QED) is 0.854. The van der Waals surface area contributed by atoms with Crippen LogP contribution in [0, 0.1) is 11.3 Å². The molecular formula is C10H10Cl2N2O. The molecule has 1 unspecified atom stereocenters. The molecule has 0 aliphatic carbocycles. The van der Waals surface area contributed by atoms with E-state index in [2.05, 4.69) is 11.4 Å². The average molecular weight is 245 g/mol. The van der Waals surface area contributed by atoms with Gasteiger partial charge in [-0.25, -0.2) is 0 Å². The SMILES string of the molecule is N#CC(NCCO)c1ccc(Cl)cc1Cl. The molecule has 1 atom stereocenters. The van der Waals surface area contributed by atoms with Crippen LogP contribution in [-0.2, 0) is 0 Å². The summed E-state index contributed by atoms with van der Waals surface area (Å²) in [5, 5.41) is 21.4. The summed E-state index contributed by atoms with van der Waals surface area (Å²) in [6.45, 7) is 0.320. The second kappa shape index (κ2) is 5.94. The number of hydrogen-bond donors (Lipinski definition) is 2. The molecule has 80 valence electrons. The molecule has 1 aromatic carbocycles. The van der Waals surface area contributed by atoms with Crippen LogP contribution < -0.4 is 5.32 Å². The smallest absolute Gasteiger partial charge is 0.122 e. The molecule has 0 fully saturated rings. The van der Waals surface area contributed by atoms with Crippen LogP contribution in [0.3, 0.4) is 0 Å². The number of nitrogens with one attached hydrogen (secondary N) is 1. The third kappa shape index (κ3) is 3.37. The van der Waals surface area contributed by atoms with Gasteiger partial charge in [-0.2, -0.15) is 5.26 Å². The number of aliphatic hydroxyl groups is 1. The first-order chi connectivity index (χ1) is 7.19. The summed E-state index contributed by atoms with van der Waals surface area (Å²) in [6.07, 6.45) is 0. The summed E-state index contributed by atoms with van der Waals surface area (Å²) in [6, 6.07) is 6.50. The number of benzene rings is 1. The second-order valence-corrected chi connectivity index (χ2v) is 3.75. The van der Waals surface area contributed by atoms with Crippen LogP contribution in [0.1, 0.15) is 11.6 Å². The van der Waals surface area contributed by atoms with Crippen molar-refractivity contribution in [3.63, 3.8) is 0 Å². The van der Waals surface area contributed by atoms with Gasteiger partial charge in [0.15, 0.2) is 0 Å². The molecule has 0 aromatic heterocycles. The Hall–Kier alpha value is -0.790. The van der Waals surface area contributed by atoms with Crippen molar-refractivity contribution in [2.24, 2.45) is 0 Å². The van der Waals surface area contributed by atoms with Gasteiger partial charge in [0.2, 0.25) is 0 Å². The summed E-state index contributed by atoms with van der Waals surface area (Å²) in [5.74, 6) is 0. The minimum absolute atomic E-state index is 0.0244. The predicted molar refractivity (Wildman–Crippen MR) is 59.9 cm³/mol. The van der Waals surface area contributed by atoms with Gasteiger partial charge in [-0.1, -0.05) is 29.3 Å². The Balaban J connectivity index is 2.88. The minimum Gasteiger partial charge on any atom is -0.395 e. The van der Waals surface area contributed by atoms with Crippen molar-refractivity contribution >= 4 is 23.2 Å². The number of hydrogen-bond acceptors (Lipinski definition) is 3. The minimum atomic E-state index is -0.526. The fraction of sp³-hybridized carbons (Fsp3) is 0.300. The number of aliphatic hydroxyl groups excluding tert-OH is 1. The van der Waals surface area contributed by atoms with Crippen molar-refractivity contribution in [1.82, 2.24) is 5.32 Å². The van der Waals surface area contributed by atoms with Gasteiger partial charge >= 0.3 is 0 Å². The molecule has 0 saturated carbocycles. The zero-order valence-corrected chi connectivity index (χ0v) is 9.39. The molecule has 0 saturated heterocycles. The van der Waals surface area contributed by atoms with Gasteiger partial charge in [-0.3, -0.25) is 5.32 Å². The second-order valence-electron chi connectivity index (χ2n) is 2.91. The van der Waals surface area contributed by atoms with E-state index in [1.165, 1.54) is 0 Å². The summed E-state index contributed by atoms with van der Waals surface area (Å²) in [5.41, 5.74) is 0.664. The van der Waals surface area contributed by atoms with Crippen LogP contribution in [0.25, 0.3) is 0 Å². The topological polar surface area (TPSA) is 56.0 Å². The van der Waals surface area contributed by atoms with Gasteiger partial charge in [0, 0.05) is 22.2 Å². The Morgan fingerprint density at radius 3 is 2.73 bits per heavy atom. The fourth-order valence-electron chi connectivity index (χ4n) is 1.17. The highest BCUT2D eigenvalue weighted by Gasteiger charge is 2.13. The monoisotopic (exact) mass is 244 g/mol. The van der Waals surface area contributed by atoms with Crippen LogP contribution in [-0.4, -0.2) is 18.3 Å². The molecule has 3 nitrogen and oxygen atoms in total. The van der Waals surface area contributed by atoms with Crippen LogP contribution in [0.2, 0.25) is 10.0 Å². The summed E-state index contributed by atoms with van der Waals surface area (Å²) < 4.78 is 0. The Kier molecular flexibility index (Phi) is 4.86. The molecule has 0 heterocycles. The lowest BCUT2D eigenvalue weighted by Gasteiger charge is -2.12. The lowest BCUT2D eigenvalue weighted by Crippen LogP contribution is -2.23. The van der Waals surface area contributed by atoms with Crippen LogP contribution in [0.4, 0.5) is 0 Å². The van der Waals surface area contributed by atoms with Crippen molar-refractivity contribution in [3.8, 4) is 6.07 Å². The van der Waals surface area contributed by atoms with Gasteiger partial charge in [0.05, 0.1) is 12.7 Å². The standard InChI is InChI=1S/C10H10Cl2N2O/c11-7-1-2-8(9(12)5-7)10(6-13)14-3-4-15/h1-2,5,10,14-15H,3-4H2. The Morgan fingerprint density at radius 1 is 1.47 bits per heavy atom. The Bertz CT molecular complexity index is 376. The molecule has 0 aliphatic heterocycles. The van der Waals surface area contributed by atoms with E-state index in [-0.39, 0.29) is 6.61 Å². The van der Waals surface area contributed by atoms with Gasteiger partial charge in [-0.15, -0.1) is 0 Å².